The van der Waals surface area contributed by atoms with Gasteiger partial charge < -0.3 is 33.3 Å². The lowest BCUT2D eigenvalue weighted by Crippen LogP contribution is -2.35. The Morgan fingerprint density at radius 2 is 0.825 bits per heavy atom. The molecule has 2 rings (SSSR count). The summed E-state index contributed by atoms with van der Waals surface area (Å²) >= 11 is 0. The van der Waals surface area contributed by atoms with E-state index in [0.717, 1.165) is 38.5 Å². The molecule has 0 aromatic carbocycles. The molecule has 1 N–H and O–H groups in total. The highest BCUT2D eigenvalue weighted by Gasteiger charge is 2.31. The first-order chi connectivity index (χ1) is 27.3. The van der Waals surface area contributed by atoms with Crippen LogP contribution in [0.3, 0.4) is 0 Å². The van der Waals surface area contributed by atoms with Crippen LogP contribution in [0.4, 0.5) is 0 Å². The van der Waals surface area contributed by atoms with E-state index in [-0.39, 0.29) is 48.8 Å². The Morgan fingerprint density at radius 3 is 1.18 bits per heavy atom. The van der Waals surface area contributed by atoms with Gasteiger partial charge in [-0.15, -0.1) is 0 Å². The van der Waals surface area contributed by atoms with Gasteiger partial charge in [-0.25, -0.2) is 4.57 Å². The molecule has 0 bridgehead atoms. The first-order valence-electron chi connectivity index (χ1n) is 22.4. The summed E-state index contributed by atoms with van der Waals surface area (Å²) in [5.74, 6) is 0. The zero-order chi connectivity index (χ0) is 41.8. The lowest BCUT2D eigenvalue weighted by molar-refractivity contribution is -0.0991. The maximum absolute atomic E-state index is 12.8. The first-order valence-corrected chi connectivity index (χ1v) is 23.9. The summed E-state index contributed by atoms with van der Waals surface area (Å²) in [5.41, 5.74) is -0.531. The molecule has 0 saturated heterocycles. The summed E-state index contributed by atoms with van der Waals surface area (Å²) in [4.78, 5) is 10.4. The van der Waals surface area contributed by atoms with E-state index in [9.17, 15) is 9.46 Å². The molecule has 2 aliphatic carbocycles. The Bertz CT molecular complexity index is 1110. The summed E-state index contributed by atoms with van der Waals surface area (Å²) in [7, 11) is -4.35. The van der Waals surface area contributed by atoms with Crippen LogP contribution in [0.1, 0.15) is 158 Å². The van der Waals surface area contributed by atoms with Crippen LogP contribution in [0.2, 0.25) is 0 Å². The van der Waals surface area contributed by atoms with Crippen molar-refractivity contribution in [3.63, 3.8) is 0 Å². The lowest BCUT2D eigenvalue weighted by atomic mass is 9.89. The zero-order valence-corrected chi connectivity index (χ0v) is 38.1. The maximum atomic E-state index is 12.8. The van der Waals surface area contributed by atoms with Crippen molar-refractivity contribution in [3.05, 3.63) is 48.6 Å². The molecule has 0 amide bonds. The van der Waals surface area contributed by atoms with Gasteiger partial charge in [0.05, 0.1) is 87.5 Å². The molecule has 0 aromatic rings. The monoisotopic (exact) mass is 827 g/mol. The number of phosphoric acid groups is 1. The minimum Gasteiger partial charge on any atom is -0.373 e. The van der Waals surface area contributed by atoms with Crippen molar-refractivity contribution in [2.24, 2.45) is 0 Å². The van der Waals surface area contributed by atoms with Gasteiger partial charge in [-0.05, 0) is 67.2 Å². The molecule has 0 radical (unpaired) electrons. The summed E-state index contributed by atoms with van der Waals surface area (Å²) in [6, 6.07) is 0. The van der Waals surface area contributed by atoms with Crippen LogP contribution in [0.25, 0.3) is 0 Å². The zero-order valence-electron chi connectivity index (χ0n) is 37.2. The molecule has 0 spiro atoms. The van der Waals surface area contributed by atoms with Crippen LogP contribution in [-0.4, -0.2) is 92.4 Å². The van der Waals surface area contributed by atoms with Crippen LogP contribution >= 0.6 is 7.82 Å². The van der Waals surface area contributed by atoms with Crippen LogP contribution in [0.5, 0.6) is 0 Å². The van der Waals surface area contributed by atoms with E-state index in [0.29, 0.717) is 26.4 Å². The lowest BCUT2D eigenvalue weighted by Gasteiger charge is -2.33. The summed E-state index contributed by atoms with van der Waals surface area (Å²) in [6.45, 7) is 17.6. The van der Waals surface area contributed by atoms with E-state index in [4.69, 9.17) is 37.5 Å². The van der Waals surface area contributed by atoms with Crippen molar-refractivity contribution in [3.8, 4) is 0 Å². The van der Waals surface area contributed by atoms with E-state index in [1.807, 2.05) is 27.7 Å². The van der Waals surface area contributed by atoms with Crippen molar-refractivity contribution in [2.45, 2.75) is 206 Å². The molecule has 0 fully saturated rings. The molecule has 8 atom stereocenters. The van der Waals surface area contributed by atoms with Gasteiger partial charge in [0.15, 0.2) is 0 Å². The number of allylic oxidation sites excluding steroid dienone is 4. The normalized spacial score (nSPS) is 23.6. The molecular formula is C46H83O10P. The molecule has 332 valence electrons. The number of phosphoric ester groups is 1. The van der Waals surface area contributed by atoms with Crippen LogP contribution in [0, 0.1) is 0 Å². The Hall–Kier alpha value is -1.17. The fourth-order valence-electron chi connectivity index (χ4n) is 6.93. The standard InChI is InChI=1S/C46H83O10P/c1-9-11-13-15-17-21-27-45(29-23-19-24-30-45)53-37-41(5)49-33-39(3)51-35-43(7)55-57(47,48)56-44(8)36-52-40(4)34-50-42(6)38-54-46(31-25-20-26-32-46)28-22-18-16-14-12-10-2/h19-20,23-26,29,31,39-44H,9-18,21-22,27-28,30,32-38H2,1-8H3,(H,47,48). The van der Waals surface area contributed by atoms with Crippen molar-refractivity contribution in [1.82, 2.24) is 0 Å². The summed E-state index contributed by atoms with van der Waals surface area (Å²) in [6.07, 6.45) is 33.9. The van der Waals surface area contributed by atoms with Gasteiger partial charge in [-0.2, -0.15) is 0 Å². The SMILES string of the molecule is CCCCCCCCC1(OCC(C)OCC(C)OCC(C)OP(=O)(O)OC(C)COC(C)COC(C)COC2(CCCCCCCC)C=CC=CC2)C=CC=CC1. The van der Waals surface area contributed by atoms with Gasteiger partial charge in [-0.3, -0.25) is 9.05 Å². The van der Waals surface area contributed by atoms with Crippen LogP contribution < -0.4 is 0 Å². The second-order valence-corrected chi connectivity index (χ2v) is 18.0. The number of ether oxygens (including phenoxy) is 6. The smallest absolute Gasteiger partial charge is 0.373 e. The van der Waals surface area contributed by atoms with Crippen LogP contribution in [-0.2, 0) is 42.0 Å². The fraction of sp³-hybridized carbons (Fsp3) is 0.826. The maximum Gasteiger partial charge on any atom is 0.472 e. The number of hydrogen-bond acceptors (Lipinski definition) is 9. The first kappa shape index (κ1) is 52.0. The average Bonchev–Trinajstić information content (AvgIpc) is 3.19. The predicted molar refractivity (Wildman–Crippen MR) is 232 cm³/mol. The third-order valence-electron chi connectivity index (χ3n) is 10.4. The largest absolute Gasteiger partial charge is 0.472 e. The van der Waals surface area contributed by atoms with E-state index in [2.05, 4.69) is 62.5 Å². The van der Waals surface area contributed by atoms with E-state index in [1.165, 1.54) is 64.2 Å². The van der Waals surface area contributed by atoms with Gasteiger partial charge in [0.1, 0.15) is 0 Å². The molecule has 0 aromatic heterocycles. The minimum absolute atomic E-state index is 0.107. The third-order valence-corrected chi connectivity index (χ3v) is 11.7. The number of rotatable bonds is 36. The molecule has 10 nitrogen and oxygen atoms in total. The van der Waals surface area contributed by atoms with Crippen molar-refractivity contribution in [2.75, 3.05) is 39.6 Å². The van der Waals surface area contributed by atoms with E-state index < -0.39 is 20.0 Å². The summed E-state index contributed by atoms with van der Waals surface area (Å²) < 4.78 is 60.3. The molecule has 11 heteroatoms. The molecule has 0 saturated carbocycles. The average molecular weight is 827 g/mol. The second kappa shape index (κ2) is 30.0. The van der Waals surface area contributed by atoms with Crippen molar-refractivity contribution < 1.29 is 46.9 Å². The number of hydrogen-bond donors (Lipinski definition) is 1. The van der Waals surface area contributed by atoms with E-state index in [1.54, 1.807) is 13.8 Å². The Labute approximate surface area is 348 Å². The van der Waals surface area contributed by atoms with Gasteiger partial charge in [0, 0.05) is 0 Å². The predicted octanol–water partition coefficient (Wildman–Crippen LogP) is 11.6. The molecule has 57 heavy (non-hydrogen) atoms. The Kier molecular flexibility index (Phi) is 27.3. The van der Waals surface area contributed by atoms with Gasteiger partial charge in [0.2, 0.25) is 0 Å². The summed E-state index contributed by atoms with van der Waals surface area (Å²) in [5, 5.41) is 0. The molecule has 2 aliphatic rings. The third kappa shape index (κ3) is 24.6. The highest BCUT2D eigenvalue weighted by atomic mass is 31.2. The van der Waals surface area contributed by atoms with Gasteiger partial charge >= 0.3 is 7.82 Å². The highest BCUT2D eigenvalue weighted by Crippen LogP contribution is 2.46. The van der Waals surface area contributed by atoms with Crippen LogP contribution in [0.15, 0.2) is 48.6 Å². The van der Waals surface area contributed by atoms with E-state index >= 15 is 0 Å². The minimum atomic E-state index is -4.35. The second-order valence-electron chi connectivity index (χ2n) is 16.6. The highest BCUT2D eigenvalue weighted by molar-refractivity contribution is 7.47. The van der Waals surface area contributed by atoms with Crippen molar-refractivity contribution in [1.29, 1.82) is 0 Å². The van der Waals surface area contributed by atoms with Crippen molar-refractivity contribution >= 4 is 7.82 Å². The quantitative estimate of drug-likeness (QED) is 0.0484. The fourth-order valence-corrected chi connectivity index (χ4v) is 8.01. The molecular weight excluding hydrogens is 743 g/mol. The number of unbranched alkanes of at least 4 members (excludes halogenated alkanes) is 10. The molecule has 0 aliphatic heterocycles. The Balaban J connectivity index is 1.60. The van der Waals surface area contributed by atoms with Gasteiger partial charge in [-0.1, -0.05) is 140 Å². The molecule has 8 unspecified atom stereocenters. The topological polar surface area (TPSA) is 111 Å². The molecule has 0 heterocycles. The van der Waals surface area contributed by atoms with Gasteiger partial charge in [0.25, 0.3) is 0 Å². The Morgan fingerprint density at radius 1 is 0.491 bits per heavy atom.